The van der Waals surface area contributed by atoms with Crippen molar-refractivity contribution in [3.8, 4) is 0 Å². The molecule has 110 valence electrons. The van der Waals surface area contributed by atoms with Crippen LogP contribution in [0.3, 0.4) is 0 Å². The van der Waals surface area contributed by atoms with E-state index < -0.39 is 18.0 Å². The van der Waals surface area contributed by atoms with Crippen LogP contribution < -0.4 is 10.6 Å². The Hall–Kier alpha value is -2.05. The van der Waals surface area contributed by atoms with Crippen molar-refractivity contribution in [2.75, 3.05) is 6.54 Å². The molecule has 20 heavy (non-hydrogen) atoms. The Kier molecular flexibility index (Phi) is 4.26. The molecule has 1 aliphatic rings. The maximum Gasteiger partial charge on any atom is 0.326 e. The molecule has 1 aromatic rings. The molecule has 0 aliphatic heterocycles. The summed E-state index contributed by atoms with van der Waals surface area (Å²) in [7, 11) is 0. The Balaban J connectivity index is 1.81. The number of imidazole rings is 1. The van der Waals surface area contributed by atoms with E-state index in [0.717, 1.165) is 19.3 Å². The van der Waals surface area contributed by atoms with Crippen LogP contribution in [-0.2, 0) is 11.2 Å². The lowest BCUT2D eigenvalue weighted by molar-refractivity contribution is -0.139. The smallest absolute Gasteiger partial charge is 0.326 e. The molecule has 2 rings (SSSR count). The third kappa shape index (κ3) is 3.72. The number of urea groups is 1. The summed E-state index contributed by atoms with van der Waals surface area (Å²) < 4.78 is 0. The van der Waals surface area contributed by atoms with Gasteiger partial charge < -0.3 is 20.7 Å². The number of amides is 2. The van der Waals surface area contributed by atoms with Gasteiger partial charge in [0.1, 0.15) is 6.04 Å². The van der Waals surface area contributed by atoms with E-state index in [4.69, 9.17) is 5.11 Å². The maximum absolute atomic E-state index is 11.8. The second kappa shape index (κ2) is 5.94. The molecule has 0 aromatic carbocycles. The number of H-pyrrole nitrogens is 1. The van der Waals surface area contributed by atoms with E-state index in [9.17, 15) is 9.59 Å². The first kappa shape index (κ1) is 14.4. The quantitative estimate of drug-likeness (QED) is 0.595. The first-order valence-corrected chi connectivity index (χ1v) is 6.79. The summed E-state index contributed by atoms with van der Waals surface area (Å²) in [6.45, 7) is 2.70. The average Bonchev–Trinajstić information content (AvgIpc) is 3.03. The fourth-order valence-electron chi connectivity index (χ4n) is 2.13. The van der Waals surface area contributed by atoms with E-state index in [1.165, 1.54) is 6.33 Å². The third-order valence-electron chi connectivity index (χ3n) is 3.91. The van der Waals surface area contributed by atoms with Crippen LogP contribution in [0.15, 0.2) is 12.5 Å². The Morgan fingerprint density at radius 3 is 2.80 bits per heavy atom. The molecule has 2 amide bonds. The summed E-state index contributed by atoms with van der Waals surface area (Å²) in [5.41, 5.74) is 0.907. The maximum atomic E-state index is 11.8. The molecule has 7 heteroatoms. The van der Waals surface area contributed by atoms with Crippen molar-refractivity contribution in [2.45, 2.75) is 38.6 Å². The molecular formula is C13H20N4O3. The number of nitrogens with zero attached hydrogens (tertiary/aromatic N) is 1. The van der Waals surface area contributed by atoms with Gasteiger partial charge in [-0.25, -0.2) is 14.6 Å². The van der Waals surface area contributed by atoms with Crippen molar-refractivity contribution in [2.24, 2.45) is 5.41 Å². The molecule has 0 spiro atoms. The summed E-state index contributed by atoms with van der Waals surface area (Å²) in [5, 5.41) is 14.4. The largest absolute Gasteiger partial charge is 0.480 e. The van der Waals surface area contributed by atoms with Gasteiger partial charge in [0, 0.05) is 24.9 Å². The van der Waals surface area contributed by atoms with Gasteiger partial charge >= 0.3 is 12.0 Å². The average molecular weight is 280 g/mol. The number of aromatic nitrogens is 2. The Morgan fingerprint density at radius 1 is 1.55 bits per heavy atom. The van der Waals surface area contributed by atoms with Gasteiger partial charge in [0.25, 0.3) is 0 Å². The molecule has 0 saturated heterocycles. The third-order valence-corrected chi connectivity index (χ3v) is 3.91. The molecular weight excluding hydrogens is 260 g/mol. The zero-order chi connectivity index (χ0) is 14.6. The highest BCUT2D eigenvalue weighted by Crippen LogP contribution is 2.47. The van der Waals surface area contributed by atoms with Gasteiger partial charge in [-0.3, -0.25) is 0 Å². The van der Waals surface area contributed by atoms with Crippen molar-refractivity contribution in [3.63, 3.8) is 0 Å². The summed E-state index contributed by atoms with van der Waals surface area (Å²) in [6.07, 6.45) is 6.49. The van der Waals surface area contributed by atoms with E-state index in [2.05, 4.69) is 27.5 Å². The topological polar surface area (TPSA) is 107 Å². The van der Waals surface area contributed by atoms with Gasteiger partial charge in [0.2, 0.25) is 0 Å². The van der Waals surface area contributed by atoms with Gasteiger partial charge in [-0.1, -0.05) is 6.92 Å². The molecule has 7 nitrogen and oxygen atoms in total. The van der Waals surface area contributed by atoms with Gasteiger partial charge in [-0.15, -0.1) is 0 Å². The summed E-state index contributed by atoms with van der Waals surface area (Å²) in [6, 6.07) is -1.40. The fourth-order valence-corrected chi connectivity index (χ4v) is 2.13. The number of hydrogen-bond acceptors (Lipinski definition) is 3. The molecule has 1 fully saturated rings. The zero-order valence-corrected chi connectivity index (χ0v) is 11.5. The molecule has 1 atom stereocenters. The highest BCUT2D eigenvalue weighted by Gasteiger charge is 2.40. The van der Waals surface area contributed by atoms with E-state index in [-0.39, 0.29) is 11.8 Å². The predicted octanol–water partition coefficient (Wildman–Crippen LogP) is 0.895. The van der Waals surface area contributed by atoms with E-state index in [0.29, 0.717) is 12.2 Å². The molecule has 0 unspecified atom stereocenters. The van der Waals surface area contributed by atoms with Crippen LogP contribution in [0.2, 0.25) is 0 Å². The normalized spacial score (nSPS) is 17.2. The lowest BCUT2D eigenvalue weighted by atomic mass is 10.0. The Morgan fingerprint density at radius 2 is 2.30 bits per heavy atom. The minimum atomic E-state index is -1.06. The SMILES string of the molecule is CCC1(CNC(=O)N[C@H](Cc2cnc[nH]2)C(=O)O)CC1. The lowest BCUT2D eigenvalue weighted by Crippen LogP contribution is -2.48. The fraction of sp³-hybridized carbons (Fsp3) is 0.615. The van der Waals surface area contributed by atoms with Gasteiger partial charge in [-0.05, 0) is 24.7 Å². The number of carboxylic acid groups (broad SMARTS) is 1. The number of carbonyl (C=O) groups is 2. The molecule has 1 saturated carbocycles. The number of carbonyl (C=O) groups excluding carboxylic acids is 1. The van der Waals surface area contributed by atoms with Crippen molar-refractivity contribution in [1.29, 1.82) is 0 Å². The number of aromatic amines is 1. The van der Waals surface area contributed by atoms with Crippen molar-refractivity contribution in [1.82, 2.24) is 20.6 Å². The van der Waals surface area contributed by atoms with Crippen molar-refractivity contribution in [3.05, 3.63) is 18.2 Å². The van der Waals surface area contributed by atoms with Crippen LogP contribution in [-0.4, -0.2) is 39.7 Å². The molecule has 0 bridgehead atoms. The Bertz CT molecular complexity index is 468. The van der Waals surface area contributed by atoms with Crippen LogP contribution in [0.25, 0.3) is 0 Å². The standard InChI is InChI=1S/C13H20N4O3/c1-2-13(3-4-13)7-15-12(20)17-10(11(18)19)5-9-6-14-8-16-9/h6,8,10H,2-5,7H2,1H3,(H,14,16)(H,18,19)(H2,15,17,20)/t10-/m1/s1. The van der Waals surface area contributed by atoms with E-state index in [1.807, 2.05) is 0 Å². The Labute approximate surface area is 117 Å². The van der Waals surface area contributed by atoms with Gasteiger partial charge in [0.15, 0.2) is 0 Å². The molecule has 0 radical (unpaired) electrons. The number of aliphatic carboxylic acids is 1. The number of rotatable bonds is 7. The molecule has 1 heterocycles. The minimum absolute atomic E-state index is 0.182. The number of hydrogen-bond donors (Lipinski definition) is 4. The van der Waals surface area contributed by atoms with Crippen LogP contribution >= 0.6 is 0 Å². The van der Waals surface area contributed by atoms with E-state index in [1.54, 1.807) is 6.20 Å². The summed E-state index contributed by atoms with van der Waals surface area (Å²) in [5.74, 6) is -1.06. The molecule has 1 aromatic heterocycles. The van der Waals surface area contributed by atoms with Crippen molar-refractivity contribution < 1.29 is 14.7 Å². The second-order valence-corrected chi connectivity index (χ2v) is 5.35. The minimum Gasteiger partial charge on any atom is -0.480 e. The molecule has 1 aliphatic carbocycles. The summed E-state index contributed by atoms with van der Waals surface area (Å²) >= 11 is 0. The zero-order valence-electron chi connectivity index (χ0n) is 11.5. The monoisotopic (exact) mass is 280 g/mol. The number of carboxylic acids is 1. The molecule has 4 N–H and O–H groups in total. The van der Waals surface area contributed by atoms with Crippen molar-refractivity contribution >= 4 is 12.0 Å². The highest BCUT2D eigenvalue weighted by molar-refractivity contribution is 5.82. The lowest BCUT2D eigenvalue weighted by Gasteiger charge is -2.17. The first-order valence-electron chi connectivity index (χ1n) is 6.79. The second-order valence-electron chi connectivity index (χ2n) is 5.35. The predicted molar refractivity (Wildman–Crippen MR) is 72.2 cm³/mol. The number of nitrogens with one attached hydrogen (secondary N) is 3. The van der Waals surface area contributed by atoms with Gasteiger partial charge in [-0.2, -0.15) is 0 Å². The van der Waals surface area contributed by atoms with Crippen LogP contribution in [0.4, 0.5) is 4.79 Å². The van der Waals surface area contributed by atoms with Crippen LogP contribution in [0.1, 0.15) is 31.9 Å². The summed E-state index contributed by atoms with van der Waals surface area (Å²) in [4.78, 5) is 29.6. The van der Waals surface area contributed by atoms with E-state index >= 15 is 0 Å². The highest BCUT2D eigenvalue weighted by atomic mass is 16.4. The van der Waals surface area contributed by atoms with Crippen LogP contribution in [0.5, 0.6) is 0 Å². The first-order chi connectivity index (χ1) is 9.54. The van der Waals surface area contributed by atoms with Gasteiger partial charge in [0.05, 0.1) is 6.33 Å². The van der Waals surface area contributed by atoms with Crippen LogP contribution in [0, 0.1) is 5.41 Å².